The van der Waals surface area contributed by atoms with Crippen molar-refractivity contribution >= 4 is 45.9 Å². The summed E-state index contributed by atoms with van der Waals surface area (Å²) in [5.74, 6) is -5.55. The lowest BCUT2D eigenvalue weighted by molar-refractivity contribution is 0.262. The molecule has 5 rings (SSSR count). The Balaban J connectivity index is 1.35. The van der Waals surface area contributed by atoms with Crippen LogP contribution in [0, 0.1) is 23.3 Å². The number of halogens is 5. The van der Waals surface area contributed by atoms with E-state index in [0.29, 0.717) is 22.9 Å². The number of urea groups is 1. The maximum absolute atomic E-state index is 14.8. The minimum absolute atomic E-state index is 0.00648. The number of ether oxygens (including phenoxy) is 1. The van der Waals surface area contributed by atoms with Crippen LogP contribution >= 0.6 is 11.6 Å². The third kappa shape index (κ3) is 5.21. The Hall–Kier alpha value is -4.12. The van der Waals surface area contributed by atoms with Crippen LogP contribution in [0.4, 0.5) is 39.5 Å². The summed E-state index contributed by atoms with van der Waals surface area (Å²) < 4.78 is 63.0. The molecule has 0 bridgehead atoms. The molecular weight excluding hydrogens is 514 g/mol. The van der Waals surface area contributed by atoms with Gasteiger partial charge in [-0.25, -0.2) is 22.9 Å². The van der Waals surface area contributed by atoms with Crippen LogP contribution in [-0.2, 0) is 0 Å². The highest BCUT2D eigenvalue weighted by molar-refractivity contribution is 6.30. The molecule has 1 aliphatic rings. The van der Waals surface area contributed by atoms with Gasteiger partial charge in [-0.3, -0.25) is 4.98 Å². The lowest BCUT2D eigenvalue weighted by Crippen LogP contribution is -2.20. The van der Waals surface area contributed by atoms with E-state index in [1.54, 1.807) is 12.3 Å². The first-order valence-electron chi connectivity index (χ1n) is 11.2. The SMILES string of the molecule is O=C(Nc1ccc(Cl)c(F)c1)Nc1cc(F)c(Oc2ccc3ncc(N4CCCC4)nc3c2)c(F)c1F. The first kappa shape index (κ1) is 24.6. The number of hydrogen-bond acceptors (Lipinski definition) is 5. The van der Waals surface area contributed by atoms with Gasteiger partial charge in [0.2, 0.25) is 11.6 Å². The van der Waals surface area contributed by atoms with Gasteiger partial charge in [-0.15, -0.1) is 0 Å². The Kier molecular flexibility index (Phi) is 6.70. The number of hydrogen-bond donors (Lipinski definition) is 2. The zero-order chi connectivity index (χ0) is 26.1. The van der Waals surface area contributed by atoms with Gasteiger partial charge in [-0.05, 0) is 43.2 Å². The van der Waals surface area contributed by atoms with Gasteiger partial charge in [0.05, 0.1) is 27.9 Å². The van der Waals surface area contributed by atoms with E-state index in [2.05, 4.69) is 20.2 Å². The van der Waals surface area contributed by atoms with Crippen LogP contribution in [0.5, 0.6) is 11.5 Å². The average Bonchev–Trinajstić information content (AvgIpc) is 3.42. The molecule has 0 atom stereocenters. The van der Waals surface area contributed by atoms with E-state index in [-0.39, 0.29) is 16.5 Å². The summed E-state index contributed by atoms with van der Waals surface area (Å²) in [5.41, 5.74) is 0.201. The van der Waals surface area contributed by atoms with Gasteiger partial charge in [0.15, 0.2) is 11.6 Å². The molecule has 0 radical (unpaired) electrons. The summed E-state index contributed by atoms with van der Waals surface area (Å²) in [4.78, 5) is 23.1. The molecule has 0 unspecified atom stereocenters. The van der Waals surface area contributed by atoms with Gasteiger partial charge in [0.1, 0.15) is 17.4 Å². The molecule has 37 heavy (non-hydrogen) atoms. The first-order valence-corrected chi connectivity index (χ1v) is 11.6. The van der Waals surface area contributed by atoms with Crippen LogP contribution in [0.25, 0.3) is 11.0 Å². The molecule has 12 heteroatoms. The predicted octanol–water partition coefficient (Wildman–Crippen LogP) is 6.88. The molecule has 1 saturated heterocycles. The summed E-state index contributed by atoms with van der Waals surface area (Å²) in [6.45, 7) is 1.72. The number of anilines is 3. The summed E-state index contributed by atoms with van der Waals surface area (Å²) in [6.07, 6.45) is 3.77. The van der Waals surface area contributed by atoms with Crippen molar-refractivity contribution in [3.05, 3.63) is 77.0 Å². The van der Waals surface area contributed by atoms with Crippen molar-refractivity contribution in [1.82, 2.24) is 9.97 Å². The number of carbonyl (C=O) groups is 1. The molecule has 2 amide bonds. The Morgan fingerprint density at radius 2 is 1.70 bits per heavy atom. The van der Waals surface area contributed by atoms with E-state index in [1.807, 2.05) is 5.32 Å². The summed E-state index contributed by atoms with van der Waals surface area (Å²) in [7, 11) is 0. The van der Waals surface area contributed by atoms with Crippen molar-refractivity contribution in [2.45, 2.75) is 12.8 Å². The Labute approximate surface area is 213 Å². The normalized spacial score (nSPS) is 13.2. The van der Waals surface area contributed by atoms with Crippen molar-refractivity contribution in [2.75, 3.05) is 28.6 Å². The van der Waals surface area contributed by atoms with E-state index < -0.39 is 40.7 Å². The van der Waals surface area contributed by atoms with E-state index in [0.717, 1.165) is 32.0 Å². The van der Waals surface area contributed by atoms with Crippen LogP contribution in [0.2, 0.25) is 5.02 Å². The van der Waals surface area contributed by atoms with Gasteiger partial charge >= 0.3 is 6.03 Å². The zero-order valence-electron chi connectivity index (χ0n) is 19.0. The quantitative estimate of drug-likeness (QED) is 0.217. The lowest BCUT2D eigenvalue weighted by atomic mass is 10.2. The van der Waals surface area contributed by atoms with Crippen molar-refractivity contribution in [3.8, 4) is 11.5 Å². The molecule has 7 nitrogen and oxygen atoms in total. The van der Waals surface area contributed by atoms with Gasteiger partial charge in [0.25, 0.3) is 0 Å². The fourth-order valence-electron chi connectivity index (χ4n) is 3.88. The highest BCUT2D eigenvalue weighted by Gasteiger charge is 2.23. The van der Waals surface area contributed by atoms with E-state index >= 15 is 0 Å². The van der Waals surface area contributed by atoms with Gasteiger partial charge in [-0.1, -0.05) is 11.6 Å². The average molecular weight is 532 g/mol. The van der Waals surface area contributed by atoms with Crippen LogP contribution in [-0.4, -0.2) is 29.1 Å². The minimum atomic E-state index is -1.65. The molecule has 1 aromatic heterocycles. The number of nitrogens with one attached hydrogen (secondary N) is 2. The molecule has 190 valence electrons. The van der Waals surface area contributed by atoms with Gasteiger partial charge in [0, 0.05) is 30.9 Å². The third-order valence-corrected chi connectivity index (χ3v) is 6.00. The maximum Gasteiger partial charge on any atom is 0.323 e. The first-order chi connectivity index (χ1) is 17.8. The molecule has 0 aliphatic carbocycles. The van der Waals surface area contributed by atoms with E-state index in [1.165, 1.54) is 24.3 Å². The predicted molar refractivity (Wildman–Crippen MR) is 131 cm³/mol. The summed E-state index contributed by atoms with van der Waals surface area (Å²) in [5, 5.41) is 4.03. The zero-order valence-corrected chi connectivity index (χ0v) is 19.8. The van der Waals surface area contributed by atoms with Gasteiger partial charge < -0.3 is 20.3 Å². The highest BCUT2D eigenvalue weighted by Crippen LogP contribution is 2.34. The van der Waals surface area contributed by atoms with Crippen LogP contribution < -0.4 is 20.3 Å². The maximum atomic E-state index is 14.8. The fourth-order valence-corrected chi connectivity index (χ4v) is 4.00. The second-order valence-electron chi connectivity index (χ2n) is 8.25. The van der Waals surface area contributed by atoms with Crippen molar-refractivity contribution in [2.24, 2.45) is 0 Å². The number of carbonyl (C=O) groups excluding carboxylic acids is 1. The highest BCUT2D eigenvalue weighted by atomic mass is 35.5. The van der Waals surface area contributed by atoms with Crippen LogP contribution in [0.1, 0.15) is 12.8 Å². The molecule has 0 saturated carbocycles. The number of fused-ring (bicyclic) bond motifs is 1. The minimum Gasteiger partial charge on any atom is -0.451 e. The molecule has 2 heterocycles. The number of rotatable bonds is 5. The number of nitrogens with zero attached hydrogens (tertiary/aromatic N) is 3. The number of aromatic nitrogens is 2. The van der Waals surface area contributed by atoms with Crippen LogP contribution in [0.3, 0.4) is 0 Å². The van der Waals surface area contributed by atoms with Gasteiger partial charge in [-0.2, -0.15) is 4.39 Å². The molecule has 4 aromatic rings. The Morgan fingerprint density at radius 3 is 2.46 bits per heavy atom. The Bertz CT molecular complexity index is 1510. The second-order valence-corrected chi connectivity index (χ2v) is 8.65. The van der Waals surface area contributed by atoms with E-state index in [9.17, 15) is 22.4 Å². The van der Waals surface area contributed by atoms with Crippen molar-refractivity contribution < 1.29 is 27.1 Å². The smallest absolute Gasteiger partial charge is 0.323 e. The number of benzene rings is 3. The fraction of sp³-hybridized carbons (Fsp3) is 0.160. The van der Waals surface area contributed by atoms with Crippen molar-refractivity contribution in [1.29, 1.82) is 0 Å². The standard InChI is InChI=1S/C25H18ClF4N5O2/c26-15-5-3-13(9-16(15)27)32-25(36)34-20-11-17(28)24(23(30)22(20)29)37-14-4-6-18-19(10-14)33-21(12-31-18)35-7-1-2-8-35/h3-6,9-12H,1-2,7-8H2,(H2,32,34,36). The third-order valence-electron chi connectivity index (χ3n) is 5.69. The van der Waals surface area contributed by atoms with Crippen LogP contribution in [0.15, 0.2) is 48.7 Å². The Morgan fingerprint density at radius 1 is 0.919 bits per heavy atom. The molecule has 2 N–H and O–H groups in total. The largest absolute Gasteiger partial charge is 0.451 e. The van der Waals surface area contributed by atoms with E-state index in [4.69, 9.17) is 16.3 Å². The van der Waals surface area contributed by atoms with Crippen molar-refractivity contribution in [3.63, 3.8) is 0 Å². The topological polar surface area (TPSA) is 79.4 Å². The summed E-state index contributed by atoms with van der Waals surface area (Å²) >= 11 is 5.58. The molecule has 3 aromatic carbocycles. The molecule has 1 fully saturated rings. The lowest BCUT2D eigenvalue weighted by Gasteiger charge is -2.16. The monoisotopic (exact) mass is 531 g/mol. The molecule has 0 spiro atoms. The molecule has 1 aliphatic heterocycles. The second kappa shape index (κ2) is 10.1. The summed E-state index contributed by atoms with van der Waals surface area (Å²) in [6, 6.07) is 7.37. The molecular formula is C25H18ClF4N5O2. The number of amides is 2.